The van der Waals surface area contributed by atoms with E-state index in [2.05, 4.69) is 15.0 Å². The molecule has 25 heavy (non-hydrogen) atoms. The number of hydrogen-bond donors (Lipinski definition) is 1. The van der Waals surface area contributed by atoms with Crippen LogP contribution in [0.3, 0.4) is 0 Å². The van der Waals surface area contributed by atoms with E-state index in [1.807, 2.05) is 5.32 Å². The smallest absolute Gasteiger partial charge is 0.298 e. The Balaban J connectivity index is 2.03. The van der Waals surface area contributed by atoms with Crippen molar-refractivity contribution in [3.05, 3.63) is 61.3 Å². The van der Waals surface area contributed by atoms with E-state index >= 15 is 0 Å². The van der Waals surface area contributed by atoms with Crippen molar-refractivity contribution in [1.29, 1.82) is 0 Å². The topological polar surface area (TPSA) is 80.7 Å². The monoisotopic (exact) mass is 419 g/mol. The van der Waals surface area contributed by atoms with E-state index in [4.69, 9.17) is 46.4 Å². The molecule has 130 valence electrons. The van der Waals surface area contributed by atoms with Gasteiger partial charge in [0, 0.05) is 5.56 Å². The number of imide groups is 1. The lowest BCUT2D eigenvalue weighted by Crippen LogP contribution is -2.31. The summed E-state index contributed by atoms with van der Waals surface area (Å²) in [6.07, 6.45) is 0.0337. The second-order valence-corrected chi connectivity index (χ2v) is 6.19. The molecule has 0 unspecified atom stereocenters. The van der Waals surface area contributed by atoms with E-state index in [1.54, 1.807) is 25.1 Å². The molecule has 2 amide bonds. The van der Waals surface area contributed by atoms with Gasteiger partial charge in [-0.15, -0.1) is 0 Å². The summed E-state index contributed by atoms with van der Waals surface area (Å²) in [4.78, 5) is 32.0. The number of aryl methyl sites for hydroxylation is 1. The highest BCUT2D eigenvalue weighted by atomic mass is 35.5. The summed E-state index contributed by atoms with van der Waals surface area (Å²) in [7, 11) is 0. The number of halogens is 4. The first-order chi connectivity index (χ1) is 11.8. The molecule has 0 bridgehead atoms. The maximum atomic E-state index is 12.1. The van der Waals surface area contributed by atoms with Gasteiger partial charge in [0.05, 0.1) is 21.8 Å². The molecule has 2 rings (SSSR count). The number of carbonyl (C=O) groups is 2. The van der Waals surface area contributed by atoms with Gasteiger partial charge in [0.1, 0.15) is 10.3 Å². The molecule has 2 aromatic rings. The van der Waals surface area contributed by atoms with Gasteiger partial charge in [-0.3, -0.25) is 14.9 Å². The zero-order chi connectivity index (χ0) is 18.6. The maximum Gasteiger partial charge on any atom is 0.440 e. The number of hydrogen-bond acceptors (Lipinski definition) is 5. The van der Waals surface area contributed by atoms with Crippen LogP contribution < -0.4 is 5.32 Å². The Labute approximate surface area is 162 Å². The van der Waals surface area contributed by atoms with Crippen LogP contribution in [0.1, 0.15) is 21.5 Å². The maximum absolute atomic E-state index is 12.1. The predicted octanol–water partition coefficient (Wildman–Crippen LogP) is 4.90. The summed E-state index contributed by atoms with van der Waals surface area (Å²) < 4.78 is 0. The zero-order valence-electron chi connectivity index (χ0n) is 12.5. The van der Waals surface area contributed by atoms with Crippen LogP contribution in [0, 0.1) is 6.92 Å². The Morgan fingerprint density at radius 2 is 1.84 bits per heavy atom. The van der Waals surface area contributed by atoms with E-state index in [0.29, 0.717) is 21.2 Å². The minimum atomic E-state index is -1.12. The van der Waals surface area contributed by atoms with Crippen LogP contribution in [0.2, 0.25) is 20.4 Å². The first kappa shape index (κ1) is 19.5. The Morgan fingerprint density at radius 3 is 2.44 bits per heavy atom. The van der Waals surface area contributed by atoms with Crippen LogP contribution in [0.5, 0.6) is 0 Å². The highest BCUT2D eigenvalue weighted by Gasteiger charge is 2.19. The molecule has 0 fully saturated rings. The Hall–Kier alpha value is -1.86. The Kier molecular flexibility index (Phi) is 6.61. The van der Waals surface area contributed by atoms with Crippen molar-refractivity contribution in [2.45, 2.75) is 6.92 Å². The summed E-state index contributed by atoms with van der Waals surface area (Å²) >= 11 is 23.5. The average molecular weight is 421 g/mol. The summed E-state index contributed by atoms with van der Waals surface area (Å²) in [6, 6.07) is 6.28. The minimum Gasteiger partial charge on any atom is -0.298 e. The highest BCUT2D eigenvalue weighted by molar-refractivity contribution is 6.38. The third kappa shape index (κ3) is 5.06. The summed E-state index contributed by atoms with van der Waals surface area (Å²) in [6.45, 7) is 1.59. The molecule has 0 radical (unpaired) electrons. The van der Waals surface area contributed by atoms with Crippen molar-refractivity contribution in [3.8, 4) is 0 Å². The molecule has 0 spiro atoms. The van der Waals surface area contributed by atoms with Crippen molar-refractivity contribution in [1.82, 2.24) is 10.3 Å². The van der Waals surface area contributed by atoms with Crippen molar-refractivity contribution in [2.24, 2.45) is 5.16 Å². The van der Waals surface area contributed by atoms with E-state index < -0.39 is 12.0 Å². The molecule has 0 atom stereocenters. The molecule has 0 saturated carbocycles. The van der Waals surface area contributed by atoms with E-state index in [1.165, 1.54) is 6.07 Å². The fourth-order valence-electron chi connectivity index (χ4n) is 1.81. The molecule has 0 aliphatic rings. The molecule has 0 aliphatic carbocycles. The van der Waals surface area contributed by atoms with Crippen molar-refractivity contribution in [2.75, 3.05) is 0 Å². The second kappa shape index (κ2) is 8.49. The van der Waals surface area contributed by atoms with Crippen LogP contribution in [0.4, 0.5) is 4.79 Å². The van der Waals surface area contributed by atoms with Crippen molar-refractivity contribution < 1.29 is 14.4 Å². The molecule has 10 heteroatoms. The highest BCUT2D eigenvalue weighted by Crippen LogP contribution is 2.22. The van der Waals surface area contributed by atoms with Gasteiger partial charge in [0.25, 0.3) is 5.91 Å². The standard InChI is InChI=1S/C15H9Cl4N3O3/c1-7-5-11(18)21-13(19)12(7)14(23)22-15(24)25-20-6-8-9(16)3-2-4-10(8)17/h2-6H,1H3,(H,22,23,24). The minimum absolute atomic E-state index is 0.00106. The average Bonchev–Trinajstić information content (AvgIpc) is 2.49. The van der Waals surface area contributed by atoms with E-state index in [-0.39, 0.29) is 15.9 Å². The van der Waals surface area contributed by atoms with Crippen LogP contribution in [-0.2, 0) is 4.84 Å². The lowest BCUT2D eigenvalue weighted by Gasteiger charge is -2.07. The SMILES string of the molecule is Cc1cc(Cl)nc(Cl)c1C(=O)NC(=O)ON=Cc1c(Cl)cccc1Cl. The van der Waals surface area contributed by atoms with Gasteiger partial charge in [-0.1, -0.05) is 57.6 Å². The number of amides is 2. The largest absolute Gasteiger partial charge is 0.440 e. The van der Waals surface area contributed by atoms with Crippen molar-refractivity contribution >= 4 is 64.6 Å². The van der Waals surface area contributed by atoms with Gasteiger partial charge < -0.3 is 0 Å². The lowest BCUT2D eigenvalue weighted by atomic mass is 10.1. The fraction of sp³-hybridized carbons (Fsp3) is 0.0667. The first-order valence-electron chi connectivity index (χ1n) is 6.62. The van der Waals surface area contributed by atoms with Gasteiger partial charge in [-0.05, 0) is 30.7 Å². The van der Waals surface area contributed by atoms with Gasteiger partial charge >= 0.3 is 6.09 Å². The third-order valence-corrected chi connectivity index (χ3v) is 4.03. The quantitative estimate of drug-likeness (QED) is 0.331. The number of benzene rings is 1. The summed E-state index contributed by atoms with van der Waals surface area (Å²) in [5.74, 6) is -0.803. The van der Waals surface area contributed by atoms with E-state index in [0.717, 1.165) is 6.21 Å². The zero-order valence-corrected chi connectivity index (χ0v) is 15.5. The number of oxime groups is 1. The lowest BCUT2D eigenvalue weighted by molar-refractivity contribution is 0.0923. The molecular formula is C15H9Cl4N3O3. The second-order valence-electron chi connectivity index (χ2n) is 4.63. The molecule has 1 aromatic carbocycles. The number of nitrogens with one attached hydrogen (secondary N) is 1. The van der Waals surface area contributed by atoms with Crippen molar-refractivity contribution in [3.63, 3.8) is 0 Å². The number of pyridine rings is 1. The Bertz CT molecular complexity index is 828. The van der Waals surface area contributed by atoms with Gasteiger partial charge in [-0.2, -0.15) is 0 Å². The van der Waals surface area contributed by atoms with Crippen LogP contribution in [0.15, 0.2) is 29.4 Å². The molecular weight excluding hydrogens is 412 g/mol. The first-order valence-corrected chi connectivity index (χ1v) is 8.13. The third-order valence-electron chi connectivity index (χ3n) is 2.90. The van der Waals surface area contributed by atoms with Crippen LogP contribution in [0.25, 0.3) is 0 Å². The molecule has 1 aromatic heterocycles. The van der Waals surface area contributed by atoms with Gasteiger partial charge in [-0.25, -0.2) is 9.78 Å². The molecule has 1 heterocycles. The van der Waals surface area contributed by atoms with E-state index in [9.17, 15) is 9.59 Å². The molecule has 0 saturated heterocycles. The summed E-state index contributed by atoms with van der Waals surface area (Å²) in [5, 5.41) is 6.05. The predicted molar refractivity (Wildman–Crippen MR) is 97.0 cm³/mol. The van der Waals surface area contributed by atoms with Gasteiger partial charge in [0.15, 0.2) is 0 Å². The number of aromatic nitrogens is 1. The van der Waals surface area contributed by atoms with Crippen LogP contribution >= 0.6 is 46.4 Å². The molecule has 1 N–H and O–H groups in total. The van der Waals surface area contributed by atoms with Gasteiger partial charge in [0.2, 0.25) is 0 Å². The Morgan fingerprint density at radius 1 is 1.20 bits per heavy atom. The number of rotatable bonds is 3. The molecule has 6 nitrogen and oxygen atoms in total. The van der Waals surface area contributed by atoms with Crippen LogP contribution in [-0.4, -0.2) is 23.2 Å². The number of carbonyl (C=O) groups excluding carboxylic acids is 2. The summed E-state index contributed by atoms with van der Waals surface area (Å²) in [5.41, 5.74) is 0.813. The molecule has 0 aliphatic heterocycles. The number of nitrogens with zero attached hydrogens (tertiary/aromatic N) is 2. The fourth-order valence-corrected chi connectivity index (χ4v) is 2.92. The normalized spacial score (nSPS) is 10.8.